The molecule has 11 heavy (non-hydrogen) atoms. The van der Waals surface area contributed by atoms with Gasteiger partial charge in [-0.15, -0.1) is 0 Å². The summed E-state index contributed by atoms with van der Waals surface area (Å²) in [5.41, 5.74) is 6.59. The van der Waals surface area contributed by atoms with Crippen LogP contribution in [0, 0.1) is 5.41 Å². The highest BCUT2D eigenvalue weighted by atomic mass is 14.9. The number of aromatic nitrogens is 1. The smallest absolute Gasteiger partial charge is 0.148 e. The molecule has 5 heteroatoms. The van der Waals surface area contributed by atoms with Gasteiger partial charge >= 0.3 is 0 Å². The van der Waals surface area contributed by atoms with Crippen LogP contribution in [0.4, 0.5) is 0 Å². The Morgan fingerprint density at radius 3 is 2.91 bits per heavy atom. The lowest BCUT2D eigenvalue weighted by molar-refractivity contribution is 1.38. The van der Waals surface area contributed by atoms with E-state index in [1.807, 2.05) is 0 Å². The number of amidine groups is 1. The lowest BCUT2D eigenvalue weighted by atomic mass is 10.1. The highest BCUT2D eigenvalue weighted by Gasteiger charge is 1.97. The first-order valence-electron chi connectivity index (χ1n) is 3.01. The number of H-pyrrole nitrogens is 1. The van der Waals surface area contributed by atoms with E-state index in [0.29, 0.717) is 11.3 Å². The maximum atomic E-state index is 6.65. The molecule has 54 valence electrons. The van der Waals surface area contributed by atoms with Crippen LogP contribution in [-0.2, 0) is 0 Å². The molecule has 0 saturated carbocycles. The molecule has 4 N–H and O–H groups in total. The number of hydrogen-bond donors (Lipinski definition) is 3. The minimum Gasteiger partial charge on any atom is -0.382 e. The summed E-state index contributed by atoms with van der Waals surface area (Å²) in [6.45, 7) is 0. The van der Waals surface area contributed by atoms with Crippen LogP contribution in [0.1, 0.15) is 5.69 Å². The second-order valence-electron chi connectivity index (χ2n) is 1.97. The Hall–Kier alpha value is -1.52. The number of nitrogens with one attached hydrogen (secondary N) is 2. The molecule has 0 unspecified atom stereocenters. The van der Waals surface area contributed by atoms with Gasteiger partial charge in [0.2, 0.25) is 0 Å². The van der Waals surface area contributed by atoms with E-state index in [-0.39, 0.29) is 5.84 Å². The van der Waals surface area contributed by atoms with Gasteiger partial charge in [-0.25, -0.2) is 4.99 Å². The Bertz CT molecular complexity index is 289. The van der Waals surface area contributed by atoms with Gasteiger partial charge in [0.1, 0.15) is 20.0 Å². The number of nitrogens with zero attached hydrogens (tertiary/aromatic N) is 1. The van der Waals surface area contributed by atoms with Crippen molar-refractivity contribution in [2.24, 2.45) is 10.7 Å². The van der Waals surface area contributed by atoms with E-state index in [2.05, 4.69) is 9.98 Å². The number of nitrogens with two attached hydrogens (primary N) is 1. The summed E-state index contributed by atoms with van der Waals surface area (Å²) in [4.78, 5) is 6.34. The van der Waals surface area contributed by atoms with Crippen molar-refractivity contribution < 1.29 is 0 Å². The van der Waals surface area contributed by atoms with Gasteiger partial charge < -0.3 is 10.7 Å². The molecule has 0 aliphatic carbocycles. The Kier molecular flexibility index (Phi) is 2.10. The van der Waals surface area contributed by atoms with Crippen molar-refractivity contribution in [3.8, 4) is 0 Å². The summed E-state index contributed by atoms with van der Waals surface area (Å²) in [7, 11) is 5.39. The van der Waals surface area contributed by atoms with Crippen molar-refractivity contribution >= 4 is 25.6 Å². The van der Waals surface area contributed by atoms with Gasteiger partial charge in [0.25, 0.3) is 0 Å². The van der Waals surface area contributed by atoms with E-state index in [1.54, 1.807) is 12.1 Å². The van der Waals surface area contributed by atoms with Gasteiger partial charge in [-0.2, -0.15) is 0 Å². The van der Waals surface area contributed by atoms with Crippen LogP contribution in [0.25, 0.3) is 0 Å². The average molecular weight is 146 g/mol. The van der Waals surface area contributed by atoms with E-state index in [9.17, 15) is 0 Å². The van der Waals surface area contributed by atoms with Gasteiger partial charge in [-0.05, 0) is 11.7 Å². The molecule has 0 amide bonds. The quantitative estimate of drug-likeness (QED) is 0.282. The van der Waals surface area contributed by atoms with Crippen molar-refractivity contribution in [3.63, 3.8) is 0 Å². The van der Waals surface area contributed by atoms with E-state index in [4.69, 9.17) is 19.0 Å². The highest BCUT2D eigenvalue weighted by molar-refractivity contribution is 6.31. The molecule has 0 aliphatic heterocycles. The first-order chi connectivity index (χ1) is 5.24. The summed E-state index contributed by atoms with van der Waals surface area (Å²) >= 11 is 0. The van der Waals surface area contributed by atoms with Crippen LogP contribution in [-0.4, -0.2) is 25.0 Å². The number of rotatable bonds is 2. The Morgan fingerprint density at radius 1 is 1.73 bits per heavy atom. The van der Waals surface area contributed by atoms with E-state index in [0.717, 1.165) is 6.34 Å². The molecule has 1 aromatic rings. The average Bonchev–Trinajstić information content (AvgIpc) is 2.36. The van der Waals surface area contributed by atoms with Crippen LogP contribution < -0.4 is 11.3 Å². The lowest BCUT2D eigenvalue weighted by Crippen LogP contribution is -2.15. The predicted molar refractivity (Wildman–Crippen MR) is 45.7 cm³/mol. The molecular formula is C6H7BN4. The van der Waals surface area contributed by atoms with Gasteiger partial charge in [0.15, 0.2) is 0 Å². The van der Waals surface area contributed by atoms with Crippen molar-refractivity contribution in [1.29, 1.82) is 5.41 Å². The minimum atomic E-state index is 0.261. The zero-order valence-corrected chi connectivity index (χ0v) is 5.83. The van der Waals surface area contributed by atoms with Gasteiger partial charge in [0, 0.05) is 0 Å². The zero-order chi connectivity index (χ0) is 8.27. The Morgan fingerprint density at radius 2 is 2.45 bits per heavy atom. The Labute approximate surface area is 65.4 Å². The molecule has 0 bridgehead atoms. The van der Waals surface area contributed by atoms with E-state index >= 15 is 0 Å². The summed E-state index contributed by atoms with van der Waals surface area (Å²) in [5.74, 6) is 0.261. The van der Waals surface area contributed by atoms with Crippen LogP contribution in [0.15, 0.2) is 17.1 Å². The summed E-state index contributed by atoms with van der Waals surface area (Å²) in [6.07, 6.45) is 0.881. The molecule has 0 aliphatic rings. The molecule has 0 fully saturated rings. The largest absolute Gasteiger partial charge is 0.382 e. The molecule has 1 heterocycles. The number of aliphatic imine (C=N–C) groups is 1. The SMILES string of the molecule is [B]c1ccc(C(N)=NC=N)[nH]1. The molecular weight excluding hydrogens is 139 g/mol. The van der Waals surface area contributed by atoms with E-state index in [1.165, 1.54) is 0 Å². The molecule has 2 radical (unpaired) electrons. The maximum absolute atomic E-state index is 6.65. The highest BCUT2D eigenvalue weighted by Crippen LogP contribution is 1.89. The lowest BCUT2D eigenvalue weighted by Gasteiger charge is -1.92. The first kappa shape index (κ1) is 7.59. The van der Waals surface area contributed by atoms with Crippen molar-refractivity contribution in [2.75, 3.05) is 0 Å². The molecule has 4 nitrogen and oxygen atoms in total. The number of hydrogen-bond acceptors (Lipinski definition) is 1. The molecule has 1 rings (SSSR count). The van der Waals surface area contributed by atoms with Crippen molar-refractivity contribution in [1.82, 2.24) is 4.98 Å². The molecule has 0 aromatic carbocycles. The van der Waals surface area contributed by atoms with Crippen LogP contribution >= 0.6 is 0 Å². The van der Waals surface area contributed by atoms with Crippen molar-refractivity contribution in [3.05, 3.63) is 17.8 Å². The summed E-state index contributed by atoms with van der Waals surface area (Å²) in [5, 5.41) is 6.65. The first-order valence-corrected chi connectivity index (χ1v) is 3.01. The summed E-state index contributed by atoms with van der Waals surface area (Å²) < 4.78 is 0. The number of aromatic amines is 1. The zero-order valence-electron chi connectivity index (χ0n) is 5.83. The monoisotopic (exact) mass is 146 g/mol. The van der Waals surface area contributed by atoms with Crippen LogP contribution in [0.3, 0.4) is 0 Å². The fraction of sp³-hybridized carbons (Fsp3) is 0. The predicted octanol–water partition coefficient (Wildman–Crippen LogP) is -0.879. The van der Waals surface area contributed by atoms with Gasteiger partial charge in [0.05, 0.1) is 5.69 Å². The summed E-state index contributed by atoms with van der Waals surface area (Å²) in [6, 6.07) is 3.39. The standard InChI is InChI=1S/C6H7BN4/c7-5-2-1-4(11-5)6(9)10-3-8/h1-3,11H,(H3,8,9,10). The minimum absolute atomic E-state index is 0.261. The van der Waals surface area contributed by atoms with Crippen LogP contribution in [0.2, 0.25) is 0 Å². The molecule has 0 atom stereocenters. The molecule has 0 spiro atoms. The third kappa shape index (κ3) is 1.70. The maximum Gasteiger partial charge on any atom is 0.148 e. The fourth-order valence-electron chi connectivity index (χ4n) is 0.700. The second kappa shape index (κ2) is 3.05. The van der Waals surface area contributed by atoms with Crippen molar-refractivity contribution in [2.45, 2.75) is 0 Å². The fourth-order valence-corrected chi connectivity index (χ4v) is 0.700. The normalized spacial score (nSPS) is 11.5. The third-order valence-electron chi connectivity index (χ3n) is 1.19. The molecule has 1 aromatic heterocycles. The van der Waals surface area contributed by atoms with Gasteiger partial charge in [-0.3, -0.25) is 5.41 Å². The Balaban J connectivity index is 2.93. The topological polar surface area (TPSA) is 78.0 Å². The second-order valence-corrected chi connectivity index (χ2v) is 1.97. The molecule has 0 saturated heterocycles. The van der Waals surface area contributed by atoms with E-state index < -0.39 is 0 Å². The third-order valence-corrected chi connectivity index (χ3v) is 1.19. The van der Waals surface area contributed by atoms with Crippen LogP contribution in [0.5, 0.6) is 0 Å². The van der Waals surface area contributed by atoms with Gasteiger partial charge in [-0.1, -0.05) is 6.07 Å².